The molecule has 0 fully saturated rings. The number of carbonyl (C=O) groups excluding carboxylic acids is 1. The van der Waals surface area contributed by atoms with Gasteiger partial charge in [0.15, 0.2) is 5.65 Å². The molecular formula is C26H19FN6O. The Morgan fingerprint density at radius 2 is 1.76 bits per heavy atom. The number of nitrogens with one attached hydrogen (secondary N) is 3. The van der Waals surface area contributed by atoms with Gasteiger partial charge in [0.25, 0.3) is 0 Å². The number of halogens is 1. The molecule has 1 amide bonds. The van der Waals surface area contributed by atoms with Gasteiger partial charge in [0.05, 0.1) is 11.9 Å². The van der Waals surface area contributed by atoms with E-state index >= 15 is 0 Å². The Hall–Kier alpha value is -4.85. The average Bonchev–Trinajstić information content (AvgIpc) is 3.28. The van der Waals surface area contributed by atoms with E-state index in [2.05, 4.69) is 32.2 Å². The molecule has 3 heterocycles. The lowest BCUT2D eigenvalue weighted by molar-refractivity contribution is -0.111. The van der Waals surface area contributed by atoms with Crippen LogP contribution < -0.4 is 10.6 Å². The van der Waals surface area contributed by atoms with E-state index in [9.17, 15) is 9.18 Å². The third-order valence-electron chi connectivity index (χ3n) is 5.18. The molecule has 0 spiro atoms. The van der Waals surface area contributed by atoms with Crippen LogP contribution >= 0.6 is 0 Å². The highest BCUT2D eigenvalue weighted by molar-refractivity contribution is 5.99. The van der Waals surface area contributed by atoms with E-state index in [0.717, 1.165) is 28.1 Å². The van der Waals surface area contributed by atoms with Gasteiger partial charge in [-0.1, -0.05) is 18.7 Å². The number of pyridine rings is 1. The van der Waals surface area contributed by atoms with Gasteiger partial charge < -0.3 is 15.6 Å². The zero-order valence-electron chi connectivity index (χ0n) is 17.9. The number of fused-ring (bicyclic) bond motifs is 1. The number of aromatic amines is 1. The SMILES string of the molecule is C=CC(=O)Nc1cccc(Nc2cnc3[nH]cc(-c4ccc(-c5ccc(F)cc5)nc4)c3n2)c1. The van der Waals surface area contributed by atoms with Gasteiger partial charge in [-0.25, -0.2) is 14.4 Å². The van der Waals surface area contributed by atoms with E-state index in [1.807, 2.05) is 30.5 Å². The lowest BCUT2D eigenvalue weighted by Gasteiger charge is -2.08. The zero-order valence-corrected chi connectivity index (χ0v) is 17.9. The van der Waals surface area contributed by atoms with Gasteiger partial charge in [-0.05, 0) is 54.6 Å². The van der Waals surface area contributed by atoms with Crippen molar-refractivity contribution in [2.75, 3.05) is 10.6 Å². The van der Waals surface area contributed by atoms with Crippen LogP contribution in [0.25, 0.3) is 33.5 Å². The number of nitrogens with zero attached hydrogens (tertiary/aromatic N) is 3. The Morgan fingerprint density at radius 1 is 0.971 bits per heavy atom. The molecule has 0 saturated heterocycles. The van der Waals surface area contributed by atoms with Crippen LogP contribution in [0.15, 0.2) is 91.9 Å². The predicted octanol–water partition coefficient (Wildman–Crippen LogP) is 5.69. The van der Waals surface area contributed by atoms with Gasteiger partial charge in [-0.2, -0.15) is 0 Å². The van der Waals surface area contributed by atoms with E-state index in [1.54, 1.807) is 36.7 Å². The lowest BCUT2D eigenvalue weighted by atomic mass is 10.1. The van der Waals surface area contributed by atoms with Crippen LogP contribution in [0.3, 0.4) is 0 Å². The number of hydrogen-bond donors (Lipinski definition) is 3. The Morgan fingerprint density at radius 3 is 2.53 bits per heavy atom. The Balaban J connectivity index is 1.41. The van der Waals surface area contributed by atoms with Crippen LogP contribution in [0.5, 0.6) is 0 Å². The number of aromatic nitrogens is 4. The molecule has 0 aliphatic carbocycles. The van der Waals surface area contributed by atoms with Gasteiger partial charge in [-0.3, -0.25) is 9.78 Å². The summed E-state index contributed by atoms with van der Waals surface area (Å²) in [5.74, 6) is -0.0128. The second-order valence-electron chi connectivity index (χ2n) is 7.49. The topological polar surface area (TPSA) is 95.6 Å². The number of amides is 1. The molecule has 3 aromatic heterocycles. The number of carbonyl (C=O) groups is 1. The van der Waals surface area contributed by atoms with Crippen molar-refractivity contribution in [2.45, 2.75) is 0 Å². The van der Waals surface area contributed by atoms with Crippen LogP contribution in [0.1, 0.15) is 0 Å². The first-order valence-corrected chi connectivity index (χ1v) is 10.5. The van der Waals surface area contributed by atoms with Crippen LogP contribution in [0, 0.1) is 5.82 Å². The molecule has 34 heavy (non-hydrogen) atoms. The first kappa shape index (κ1) is 21.0. The Labute approximate surface area is 194 Å². The number of benzene rings is 2. The molecule has 3 N–H and O–H groups in total. The number of H-pyrrole nitrogens is 1. The molecule has 0 unspecified atom stereocenters. The molecule has 7 nitrogen and oxygen atoms in total. The van der Waals surface area contributed by atoms with Gasteiger partial charge in [0.1, 0.15) is 17.2 Å². The van der Waals surface area contributed by atoms with Crippen molar-refractivity contribution in [2.24, 2.45) is 0 Å². The molecule has 0 radical (unpaired) electrons. The van der Waals surface area contributed by atoms with Gasteiger partial charge >= 0.3 is 0 Å². The van der Waals surface area contributed by atoms with Crippen LogP contribution in [-0.4, -0.2) is 25.8 Å². The van der Waals surface area contributed by atoms with E-state index in [-0.39, 0.29) is 11.7 Å². The van der Waals surface area contributed by atoms with Crippen molar-refractivity contribution in [1.82, 2.24) is 19.9 Å². The maximum absolute atomic E-state index is 13.2. The van der Waals surface area contributed by atoms with Crippen molar-refractivity contribution in [1.29, 1.82) is 0 Å². The summed E-state index contributed by atoms with van der Waals surface area (Å²) in [6.07, 6.45) is 6.45. The van der Waals surface area contributed by atoms with Gasteiger partial charge in [-0.15, -0.1) is 0 Å². The molecule has 5 rings (SSSR count). The third-order valence-corrected chi connectivity index (χ3v) is 5.18. The minimum absolute atomic E-state index is 0.282. The molecule has 0 atom stereocenters. The molecule has 166 valence electrons. The van der Waals surface area contributed by atoms with E-state index in [4.69, 9.17) is 4.98 Å². The summed E-state index contributed by atoms with van der Waals surface area (Å²) in [6, 6.07) is 17.3. The van der Waals surface area contributed by atoms with Crippen molar-refractivity contribution in [3.63, 3.8) is 0 Å². The van der Waals surface area contributed by atoms with Crippen LogP contribution in [-0.2, 0) is 4.79 Å². The molecular weight excluding hydrogens is 431 g/mol. The van der Waals surface area contributed by atoms with Crippen molar-refractivity contribution >= 4 is 34.3 Å². The fourth-order valence-electron chi connectivity index (χ4n) is 3.53. The molecule has 5 aromatic rings. The van der Waals surface area contributed by atoms with Crippen LogP contribution in [0.2, 0.25) is 0 Å². The number of hydrogen-bond acceptors (Lipinski definition) is 5. The molecule has 0 aliphatic heterocycles. The summed E-state index contributed by atoms with van der Waals surface area (Å²) in [6.45, 7) is 3.46. The first-order valence-electron chi connectivity index (χ1n) is 10.5. The third kappa shape index (κ3) is 4.37. The maximum Gasteiger partial charge on any atom is 0.247 e. The van der Waals surface area contributed by atoms with Crippen molar-refractivity contribution < 1.29 is 9.18 Å². The van der Waals surface area contributed by atoms with E-state index < -0.39 is 0 Å². The van der Waals surface area contributed by atoms with Crippen LogP contribution in [0.4, 0.5) is 21.6 Å². The second-order valence-corrected chi connectivity index (χ2v) is 7.49. The summed E-state index contributed by atoms with van der Waals surface area (Å²) in [4.78, 5) is 28.4. The highest BCUT2D eigenvalue weighted by atomic mass is 19.1. The fraction of sp³-hybridized carbons (Fsp3) is 0. The standard InChI is InChI=1S/C26H19FN6O/c1-2-24(34)32-20-5-3-4-19(12-20)31-23-15-30-26-25(33-23)21(14-29-26)17-8-11-22(28-13-17)16-6-9-18(27)10-7-16/h2-15H,1H2,(H,29,30)(H,31,33)(H,32,34). The monoisotopic (exact) mass is 450 g/mol. The fourth-order valence-corrected chi connectivity index (χ4v) is 3.53. The summed E-state index contributed by atoms with van der Waals surface area (Å²) in [5.41, 5.74) is 6.04. The normalized spacial score (nSPS) is 10.7. The predicted molar refractivity (Wildman–Crippen MR) is 131 cm³/mol. The minimum atomic E-state index is -0.283. The van der Waals surface area contributed by atoms with E-state index in [1.165, 1.54) is 18.2 Å². The van der Waals surface area contributed by atoms with E-state index in [0.29, 0.717) is 22.7 Å². The molecule has 0 saturated carbocycles. The minimum Gasteiger partial charge on any atom is -0.344 e. The van der Waals surface area contributed by atoms with Crippen molar-refractivity contribution in [3.05, 3.63) is 97.7 Å². The maximum atomic E-state index is 13.2. The van der Waals surface area contributed by atoms with Gasteiger partial charge in [0, 0.05) is 40.5 Å². The summed E-state index contributed by atoms with van der Waals surface area (Å²) < 4.78 is 13.2. The molecule has 2 aromatic carbocycles. The summed E-state index contributed by atoms with van der Waals surface area (Å²) in [5, 5.41) is 5.95. The smallest absolute Gasteiger partial charge is 0.247 e. The highest BCUT2D eigenvalue weighted by Gasteiger charge is 2.11. The molecule has 0 bridgehead atoms. The summed E-state index contributed by atoms with van der Waals surface area (Å²) >= 11 is 0. The quantitative estimate of drug-likeness (QED) is 0.289. The van der Waals surface area contributed by atoms with Gasteiger partial charge in [0.2, 0.25) is 5.91 Å². The molecule has 0 aliphatic rings. The largest absolute Gasteiger partial charge is 0.344 e. The summed E-state index contributed by atoms with van der Waals surface area (Å²) in [7, 11) is 0. The number of anilines is 3. The lowest BCUT2D eigenvalue weighted by Crippen LogP contribution is -2.07. The Kier molecular flexibility index (Phi) is 5.53. The highest BCUT2D eigenvalue weighted by Crippen LogP contribution is 2.29. The number of rotatable bonds is 6. The average molecular weight is 450 g/mol. The second kappa shape index (κ2) is 8.95. The zero-order chi connectivity index (χ0) is 23.5. The van der Waals surface area contributed by atoms with Crippen molar-refractivity contribution in [3.8, 4) is 22.4 Å². The Bertz CT molecular complexity index is 1490. The molecule has 8 heteroatoms. The first-order chi connectivity index (χ1) is 16.6.